The molecule has 88 valence electrons. The molecule has 0 saturated heterocycles. The smallest absolute Gasteiger partial charge is 0.267 e. The Labute approximate surface area is 95.3 Å². The molecule has 16 heavy (non-hydrogen) atoms. The molecule has 0 radical (unpaired) electrons. The molecule has 1 aromatic rings. The van der Waals surface area contributed by atoms with E-state index in [1.165, 1.54) is 0 Å². The molecular formula is C12H18N2O2. The minimum Gasteiger partial charge on any atom is -0.393 e. The predicted octanol–water partition coefficient (Wildman–Crippen LogP) is 0.916. The van der Waals surface area contributed by atoms with E-state index in [2.05, 4.69) is 5.32 Å². The van der Waals surface area contributed by atoms with Crippen molar-refractivity contribution in [1.82, 2.24) is 9.88 Å². The summed E-state index contributed by atoms with van der Waals surface area (Å²) in [6, 6.07) is 3.64. The lowest BCUT2D eigenvalue weighted by Gasteiger charge is -2.15. The molecule has 1 aliphatic carbocycles. The average molecular weight is 222 g/mol. The van der Waals surface area contributed by atoms with E-state index in [4.69, 9.17) is 0 Å². The Balaban J connectivity index is 1.86. The summed E-state index contributed by atoms with van der Waals surface area (Å²) in [5, 5.41) is 12.5. The lowest BCUT2D eigenvalue weighted by atomic mass is 10.1. The summed E-state index contributed by atoms with van der Waals surface area (Å²) in [6.07, 6.45) is 4.54. The van der Waals surface area contributed by atoms with Crippen LogP contribution in [0.15, 0.2) is 18.3 Å². The van der Waals surface area contributed by atoms with Crippen LogP contribution < -0.4 is 5.32 Å². The number of aryl methyl sites for hydroxylation is 1. The van der Waals surface area contributed by atoms with Crippen LogP contribution in [0.1, 0.15) is 29.8 Å². The molecule has 2 rings (SSSR count). The SMILES string of the molecule is Cn1cccc1C(=O)NCC1CCCC1O. The summed E-state index contributed by atoms with van der Waals surface area (Å²) in [5.41, 5.74) is 0.660. The van der Waals surface area contributed by atoms with Gasteiger partial charge in [0.1, 0.15) is 5.69 Å². The molecular weight excluding hydrogens is 204 g/mol. The maximum absolute atomic E-state index is 11.8. The Kier molecular flexibility index (Phi) is 3.29. The molecule has 2 atom stereocenters. The van der Waals surface area contributed by atoms with Gasteiger partial charge in [0, 0.05) is 25.7 Å². The first kappa shape index (κ1) is 11.2. The van der Waals surface area contributed by atoms with E-state index in [9.17, 15) is 9.90 Å². The lowest BCUT2D eigenvalue weighted by Crippen LogP contribution is -2.33. The highest BCUT2D eigenvalue weighted by Crippen LogP contribution is 2.24. The fraction of sp³-hybridized carbons (Fsp3) is 0.583. The van der Waals surface area contributed by atoms with Gasteiger partial charge < -0.3 is 15.0 Å². The largest absolute Gasteiger partial charge is 0.393 e. The molecule has 2 N–H and O–H groups in total. The number of hydrogen-bond donors (Lipinski definition) is 2. The molecule has 1 heterocycles. The standard InChI is InChI=1S/C12H18N2O2/c1-14-7-3-5-10(14)12(16)13-8-9-4-2-6-11(9)15/h3,5,7,9,11,15H,2,4,6,8H2,1H3,(H,13,16). The number of aliphatic hydroxyl groups is 1. The summed E-state index contributed by atoms with van der Waals surface area (Å²) < 4.78 is 1.79. The average Bonchev–Trinajstić information content (AvgIpc) is 2.84. The van der Waals surface area contributed by atoms with Crippen LogP contribution in [0.3, 0.4) is 0 Å². The van der Waals surface area contributed by atoms with Crippen LogP contribution in [-0.2, 0) is 7.05 Å². The van der Waals surface area contributed by atoms with Crippen molar-refractivity contribution in [3.05, 3.63) is 24.0 Å². The molecule has 1 fully saturated rings. The van der Waals surface area contributed by atoms with E-state index in [-0.39, 0.29) is 17.9 Å². The minimum atomic E-state index is -0.242. The number of rotatable bonds is 3. The molecule has 1 aromatic heterocycles. The number of aromatic nitrogens is 1. The number of nitrogens with zero attached hydrogens (tertiary/aromatic N) is 1. The first-order valence-corrected chi connectivity index (χ1v) is 5.76. The second-order valence-electron chi connectivity index (χ2n) is 4.47. The normalized spacial score (nSPS) is 24.6. The number of amides is 1. The fourth-order valence-electron chi connectivity index (χ4n) is 2.27. The van der Waals surface area contributed by atoms with Gasteiger partial charge in [-0.05, 0) is 25.0 Å². The van der Waals surface area contributed by atoms with E-state index in [0.29, 0.717) is 12.2 Å². The monoisotopic (exact) mass is 222 g/mol. The van der Waals surface area contributed by atoms with Crippen LogP contribution in [0.5, 0.6) is 0 Å². The molecule has 1 amide bonds. The van der Waals surface area contributed by atoms with E-state index in [1.54, 1.807) is 10.6 Å². The number of hydrogen-bond acceptors (Lipinski definition) is 2. The zero-order valence-electron chi connectivity index (χ0n) is 9.52. The molecule has 2 unspecified atom stereocenters. The van der Waals surface area contributed by atoms with Gasteiger partial charge in [0.15, 0.2) is 0 Å². The van der Waals surface area contributed by atoms with Gasteiger partial charge in [-0.25, -0.2) is 0 Å². The summed E-state index contributed by atoms with van der Waals surface area (Å²) in [5.74, 6) is 0.163. The van der Waals surface area contributed by atoms with Gasteiger partial charge in [0.2, 0.25) is 0 Å². The molecule has 4 heteroatoms. The van der Waals surface area contributed by atoms with Crippen LogP contribution in [0.4, 0.5) is 0 Å². The van der Waals surface area contributed by atoms with Gasteiger partial charge in [0.05, 0.1) is 6.10 Å². The molecule has 0 bridgehead atoms. The van der Waals surface area contributed by atoms with Crippen molar-refractivity contribution in [3.63, 3.8) is 0 Å². The first-order valence-electron chi connectivity index (χ1n) is 5.76. The quantitative estimate of drug-likeness (QED) is 0.799. The fourth-order valence-corrected chi connectivity index (χ4v) is 2.27. The van der Waals surface area contributed by atoms with E-state index in [0.717, 1.165) is 19.3 Å². The first-order chi connectivity index (χ1) is 7.68. The van der Waals surface area contributed by atoms with Gasteiger partial charge in [-0.3, -0.25) is 4.79 Å². The van der Waals surface area contributed by atoms with E-state index in [1.807, 2.05) is 19.3 Å². The van der Waals surface area contributed by atoms with Crippen LogP contribution in [0, 0.1) is 5.92 Å². The highest BCUT2D eigenvalue weighted by molar-refractivity contribution is 5.92. The summed E-state index contributed by atoms with van der Waals surface area (Å²) >= 11 is 0. The molecule has 0 aliphatic heterocycles. The molecule has 1 saturated carbocycles. The van der Waals surface area contributed by atoms with Crippen molar-refractivity contribution in [2.75, 3.05) is 6.54 Å². The van der Waals surface area contributed by atoms with Gasteiger partial charge in [-0.2, -0.15) is 0 Å². The van der Waals surface area contributed by atoms with Gasteiger partial charge >= 0.3 is 0 Å². The van der Waals surface area contributed by atoms with Crippen LogP contribution >= 0.6 is 0 Å². The van der Waals surface area contributed by atoms with Crippen LogP contribution in [0.2, 0.25) is 0 Å². The van der Waals surface area contributed by atoms with Crippen LogP contribution in [0.25, 0.3) is 0 Å². The van der Waals surface area contributed by atoms with Crippen molar-refractivity contribution >= 4 is 5.91 Å². The van der Waals surface area contributed by atoms with Crippen LogP contribution in [-0.4, -0.2) is 28.2 Å². The van der Waals surface area contributed by atoms with E-state index >= 15 is 0 Å². The second-order valence-corrected chi connectivity index (χ2v) is 4.47. The Hall–Kier alpha value is -1.29. The molecule has 4 nitrogen and oxygen atoms in total. The number of carbonyl (C=O) groups excluding carboxylic acids is 1. The zero-order valence-corrected chi connectivity index (χ0v) is 9.52. The zero-order chi connectivity index (χ0) is 11.5. The maximum Gasteiger partial charge on any atom is 0.267 e. The third-order valence-electron chi connectivity index (χ3n) is 3.32. The number of carbonyl (C=O) groups is 1. The van der Waals surface area contributed by atoms with Crippen molar-refractivity contribution in [2.24, 2.45) is 13.0 Å². The maximum atomic E-state index is 11.8. The molecule has 0 spiro atoms. The predicted molar refractivity (Wildman–Crippen MR) is 61.1 cm³/mol. The summed E-state index contributed by atoms with van der Waals surface area (Å²) in [7, 11) is 1.85. The Morgan fingerprint density at radius 3 is 3.00 bits per heavy atom. The highest BCUT2D eigenvalue weighted by atomic mass is 16.3. The number of aliphatic hydroxyl groups excluding tert-OH is 1. The topological polar surface area (TPSA) is 54.3 Å². The Morgan fingerprint density at radius 2 is 2.44 bits per heavy atom. The lowest BCUT2D eigenvalue weighted by molar-refractivity contribution is 0.0909. The van der Waals surface area contributed by atoms with Gasteiger partial charge in [-0.15, -0.1) is 0 Å². The number of nitrogens with one attached hydrogen (secondary N) is 1. The van der Waals surface area contributed by atoms with E-state index < -0.39 is 0 Å². The second kappa shape index (κ2) is 4.70. The molecule has 1 aliphatic rings. The van der Waals surface area contributed by atoms with Crippen molar-refractivity contribution in [3.8, 4) is 0 Å². The Morgan fingerprint density at radius 1 is 1.62 bits per heavy atom. The molecule has 0 aromatic carbocycles. The summed E-state index contributed by atoms with van der Waals surface area (Å²) in [4.78, 5) is 11.8. The van der Waals surface area contributed by atoms with Gasteiger partial charge in [0.25, 0.3) is 5.91 Å². The van der Waals surface area contributed by atoms with Crippen molar-refractivity contribution in [2.45, 2.75) is 25.4 Å². The van der Waals surface area contributed by atoms with Gasteiger partial charge in [-0.1, -0.05) is 6.42 Å². The minimum absolute atomic E-state index is 0.0633. The third kappa shape index (κ3) is 2.27. The third-order valence-corrected chi connectivity index (χ3v) is 3.32. The summed E-state index contributed by atoms with van der Waals surface area (Å²) in [6.45, 7) is 0.575. The Bertz CT molecular complexity index is 373. The highest BCUT2D eigenvalue weighted by Gasteiger charge is 2.25. The van der Waals surface area contributed by atoms with Crippen molar-refractivity contribution < 1.29 is 9.90 Å². The van der Waals surface area contributed by atoms with Crippen molar-refractivity contribution in [1.29, 1.82) is 0 Å².